The Hall–Kier alpha value is -3.30. The maximum atomic E-state index is 13.1. The molecule has 1 saturated heterocycles. The molecule has 5 rings (SSSR count). The second-order valence-corrected chi connectivity index (χ2v) is 10.7. The Balaban J connectivity index is 1.47. The number of aryl methyl sites for hydroxylation is 3. The highest BCUT2D eigenvalue weighted by Gasteiger charge is 2.28. The maximum Gasteiger partial charge on any atom is 0.243 e. The zero-order valence-corrected chi connectivity index (χ0v) is 20.5. The number of hydrogen-bond donors (Lipinski definition) is 0. The molecule has 1 aliphatic rings. The van der Waals surface area contributed by atoms with E-state index < -0.39 is 10.0 Å². The van der Waals surface area contributed by atoms with Crippen LogP contribution in [-0.2, 0) is 10.0 Å². The minimum absolute atomic E-state index is 0.332. The predicted octanol–water partition coefficient (Wildman–Crippen LogP) is 3.64. The standard InChI is InChI=1S/C25H28N6O2S/c1-18-10-11-23(19(2)16-18)31-25-22(17-26-31)24(27-20(3)28-25)29-12-7-13-30(15-14-29)34(32,33)21-8-5-4-6-9-21/h4-6,8-11,16-17H,7,12-15H2,1-3H3. The van der Waals surface area contributed by atoms with Crippen LogP contribution in [-0.4, -0.2) is 58.7 Å². The zero-order chi connectivity index (χ0) is 23.9. The van der Waals surface area contributed by atoms with E-state index in [1.54, 1.807) is 28.6 Å². The van der Waals surface area contributed by atoms with Gasteiger partial charge in [0.1, 0.15) is 11.6 Å². The third kappa shape index (κ3) is 4.05. The highest BCUT2D eigenvalue weighted by atomic mass is 32.2. The highest BCUT2D eigenvalue weighted by Crippen LogP contribution is 2.28. The fourth-order valence-corrected chi connectivity index (χ4v) is 6.04. The number of rotatable bonds is 4. The van der Waals surface area contributed by atoms with Crippen LogP contribution >= 0.6 is 0 Å². The van der Waals surface area contributed by atoms with Crippen molar-refractivity contribution in [3.05, 3.63) is 71.7 Å². The van der Waals surface area contributed by atoms with Crippen molar-refractivity contribution < 1.29 is 8.42 Å². The monoisotopic (exact) mass is 476 g/mol. The summed E-state index contributed by atoms with van der Waals surface area (Å²) in [6.07, 6.45) is 2.52. The highest BCUT2D eigenvalue weighted by molar-refractivity contribution is 7.89. The largest absolute Gasteiger partial charge is 0.355 e. The topological polar surface area (TPSA) is 84.2 Å². The average Bonchev–Trinajstić information content (AvgIpc) is 3.06. The van der Waals surface area contributed by atoms with Gasteiger partial charge in [0, 0.05) is 26.2 Å². The third-order valence-corrected chi connectivity index (χ3v) is 8.15. The number of hydrogen-bond acceptors (Lipinski definition) is 6. The molecule has 1 fully saturated rings. The van der Waals surface area contributed by atoms with E-state index in [1.165, 1.54) is 5.56 Å². The molecule has 0 spiro atoms. The summed E-state index contributed by atoms with van der Waals surface area (Å²) in [5.74, 6) is 1.46. The van der Waals surface area contributed by atoms with Crippen molar-refractivity contribution in [2.24, 2.45) is 0 Å². The van der Waals surface area contributed by atoms with Crippen LogP contribution in [0.5, 0.6) is 0 Å². The van der Waals surface area contributed by atoms with E-state index in [0.29, 0.717) is 43.3 Å². The van der Waals surface area contributed by atoms with Crippen molar-refractivity contribution in [3.8, 4) is 5.69 Å². The van der Waals surface area contributed by atoms with E-state index in [0.717, 1.165) is 28.1 Å². The van der Waals surface area contributed by atoms with Crippen LogP contribution < -0.4 is 4.90 Å². The smallest absolute Gasteiger partial charge is 0.243 e. The van der Waals surface area contributed by atoms with Gasteiger partial charge < -0.3 is 4.90 Å². The molecule has 3 heterocycles. The lowest BCUT2D eigenvalue weighted by Gasteiger charge is -2.23. The fraction of sp³-hybridized carbons (Fsp3) is 0.320. The van der Waals surface area contributed by atoms with Gasteiger partial charge >= 0.3 is 0 Å². The van der Waals surface area contributed by atoms with Gasteiger partial charge in [0.15, 0.2) is 5.65 Å². The minimum Gasteiger partial charge on any atom is -0.355 e. The number of anilines is 1. The Kier molecular flexibility index (Phi) is 5.83. The Morgan fingerprint density at radius 3 is 2.44 bits per heavy atom. The number of benzene rings is 2. The van der Waals surface area contributed by atoms with Crippen LogP contribution in [0.2, 0.25) is 0 Å². The molecule has 176 valence electrons. The van der Waals surface area contributed by atoms with Crippen molar-refractivity contribution in [1.29, 1.82) is 0 Å². The molecular formula is C25H28N6O2S. The molecule has 2 aromatic heterocycles. The van der Waals surface area contributed by atoms with Crippen molar-refractivity contribution in [1.82, 2.24) is 24.1 Å². The maximum absolute atomic E-state index is 13.1. The molecule has 0 radical (unpaired) electrons. The number of fused-ring (bicyclic) bond motifs is 1. The molecule has 0 amide bonds. The van der Waals surface area contributed by atoms with E-state index in [-0.39, 0.29) is 0 Å². The van der Waals surface area contributed by atoms with Gasteiger partial charge in [-0.3, -0.25) is 0 Å². The van der Waals surface area contributed by atoms with E-state index in [9.17, 15) is 8.42 Å². The van der Waals surface area contributed by atoms with Crippen LogP contribution in [0.4, 0.5) is 5.82 Å². The van der Waals surface area contributed by atoms with Gasteiger partial charge in [0.05, 0.1) is 22.2 Å². The first-order chi connectivity index (χ1) is 16.3. The molecule has 9 heteroatoms. The van der Waals surface area contributed by atoms with E-state index >= 15 is 0 Å². The molecule has 1 aliphatic heterocycles. The molecule has 4 aromatic rings. The van der Waals surface area contributed by atoms with Gasteiger partial charge in [-0.25, -0.2) is 23.1 Å². The summed E-state index contributed by atoms with van der Waals surface area (Å²) in [6, 6.07) is 14.9. The SMILES string of the molecule is Cc1ccc(-n2ncc3c(N4CCCN(S(=O)(=O)c5ccccc5)CC4)nc(C)nc32)c(C)c1. The molecule has 0 atom stereocenters. The van der Waals surface area contributed by atoms with E-state index in [2.05, 4.69) is 42.0 Å². The minimum atomic E-state index is -3.52. The molecular weight excluding hydrogens is 448 g/mol. The number of aromatic nitrogens is 4. The van der Waals surface area contributed by atoms with Crippen molar-refractivity contribution >= 4 is 26.9 Å². The first kappa shape index (κ1) is 22.5. The van der Waals surface area contributed by atoms with Crippen LogP contribution in [0.15, 0.2) is 59.6 Å². The summed E-state index contributed by atoms with van der Waals surface area (Å²) < 4.78 is 29.7. The molecule has 2 aromatic carbocycles. The number of sulfonamides is 1. The average molecular weight is 477 g/mol. The summed E-state index contributed by atoms with van der Waals surface area (Å²) in [7, 11) is -3.52. The van der Waals surface area contributed by atoms with Gasteiger partial charge in [0.25, 0.3) is 0 Å². The van der Waals surface area contributed by atoms with E-state index in [4.69, 9.17) is 9.97 Å². The van der Waals surface area contributed by atoms with Gasteiger partial charge in [-0.05, 0) is 51.0 Å². The fourth-order valence-electron chi connectivity index (χ4n) is 4.55. The molecule has 0 aliphatic carbocycles. The quantitative estimate of drug-likeness (QED) is 0.447. The Morgan fingerprint density at radius 2 is 1.68 bits per heavy atom. The van der Waals surface area contributed by atoms with Gasteiger partial charge in [-0.2, -0.15) is 9.40 Å². The summed E-state index contributed by atoms with van der Waals surface area (Å²) in [5, 5.41) is 5.52. The predicted molar refractivity (Wildman–Crippen MR) is 133 cm³/mol. The van der Waals surface area contributed by atoms with Gasteiger partial charge in [-0.1, -0.05) is 35.9 Å². The van der Waals surface area contributed by atoms with Gasteiger partial charge in [0.2, 0.25) is 10.0 Å². The molecule has 0 bridgehead atoms. The normalized spacial score (nSPS) is 15.6. The van der Waals surface area contributed by atoms with Crippen LogP contribution in [0, 0.1) is 20.8 Å². The number of nitrogens with zero attached hydrogens (tertiary/aromatic N) is 6. The second-order valence-electron chi connectivity index (χ2n) is 8.74. The zero-order valence-electron chi connectivity index (χ0n) is 19.6. The van der Waals surface area contributed by atoms with Crippen LogP contribution in [0.1, 0.15) is 23.4 Å². The van der Waals surface area contributed by atoms with Crippen LogP contribution in [0.3, 0.4) is 0 Å². The summed E-state index contributed by atoms with van der Waals surface area (Å²) in [5.41, 5.74) is 4.07. The summed E-state index contributed by atoms with van der Waals surface area (Å²) in [4.78, 5) is 11.9. The Bertz CT molecular complexity index is 1450. The first-order valence-electron chi connectivity index (χ1n) is 11.4. The lowest BCUT2D eigenvalue weighted by atomic mass is 10.1. The van der Waals surface area contributed by atoms with Crippen LogP contribution in [0.25, 0.3) is 16.7 Å². The second kappa shape index (κ2) is 8.81. The van der Waals surface area contributed by atoms with Crippen molar-refractivity contribution in [2.75, 3.05) is 31.1 Å². The van der Waals surface area contributed by atoms with Crippen molar-refractivity contribution in [3.63, 3.8) is 0 Å². The Morgan fingerprint density at radius 1 is 0.882 bits per heavy atom. The molecule has 8 nitrogen and oxygen atoms in total. The lowest BCUT2D eigenvalue weighted by molar-refractivity contribution is 0.433. The lowest BCUT2D eigenvalue weighted by Crippen LogP contribution is -2.35. The molecule has 34 heavy (non-hydrogen) atoms. The Labute approximate surface area is 199 Å². The molecule has 0 saturated carbocycles. The van der Waals surface area contributed by atoms with E-state index in [1.807, 2.05) is 23.9 Å². The summed E-state index contributed by atoms with van der Waals surface area (Å²) >= 11 is 0. The summed E-state index contributed by atoms with van der Waals surface area (Å²) in [6.45, 7) is 8.15. The first-order valence-corrected chi connectivity index (χ1v) is 12.9. The van der Waals surface area contributed by atoms with Gasteiger partial charge in [-0.15, -0.1) is 0 Å². The third-order valence-electron chi connectivity index (χ3n) is 6.24. The molecule has 0 N–H and O–H groups in total. The molecule has 0 unspecified atom stereocenters. The van der Waals surface area contributed by atoms with Crippen molar-refractivity contribution in [2.45, 2.75) is 32.1 Å².